The predicted octanol–water partition coefficient (Wildman–Crippen LogP) is 5.72. The Kier molecular flexibility index (Phi) is 8.68. The topological polar surface area (TPSA) is 88.1 Å². The minimum absolute atomic E-state index is 0.0151. The van der Waals surface area contributed by atoms with Crippen molar-refractivity contribution in [3.8, 4) is 11.5 Å². The lowest BCUT2D eigenvalue weighted by molar-refractivity contribution is -0.376. The summed E-state index contributed by atoms with van der Waals surface area (Å²) < 4.78 is 89.9. The number of alkyl halides is 6. The van der Waals surface area contributed by atoms with Gasteiger partial charge in [-0.1, -0.05) is 18.2 Å². The van der Waals surface area contributed by atoms with Gasteiger partial charge in [-0.3, -0.25) is 9.69 Å². The van der Waals surface area contributed by atoms with E-state index in [1.165, 1.54) is 6.92 Å². The first-order valence-electron chi connectivity index (χ1n) is 12.4. The second kappa shape index (κ2) is 11.2. The van der Waals surface area contributed by atoms with Gasteiger partial charge in [-0.2, -0.15) is 26.3 Å². The zero-order valence-corrected chi connectivity index (χ0v) is 22.2. The number of benzene rings is 2. The van der Waals surface area contributed by atoms with E-state index in [1.807, 2.05) is 13.8 Å². The number of imide groups is 1. The molecule has 2 N–H and O–H groups in total. The fourth-order valence-corrected chi connectivity index (χ4v) is 4.31. The van der Waals surface area contributed by atoms with Crippen molar-refractivity contribution in [2.45, 2.75) is 70.1 Å². The fourth-order valence-electron chi connectivity index (χ4n) is 4.31. The van der Waals surface area contributed by atoms with Crippen LogP contribution in [0.2, 0.25) is 0 Å². The Morgan fingerprint density at radius 2 is 1.57 bits per heavy atom. The molecule has 0 radical (unpaired) electrons. The second-order valence-electron chi connectivity index (χ2n) is 9.94. The zero-order valence-electron chi connectivity index (χ0n) is 22.2. The lowest BCUT2D eigenvalue weighted by Gasteiger charge is -2.33. The molecule has 3 rings (SSSR count). The molecule has 1 unspecified atom stereocenters. The van der Waals surface area contributed by atoms with E-state index in [0.717, 1.165) is 11.0 Å². The van der Waals surface area contributed by atoms with Crippen LogP contribution in [0.25, 0.3) is 0 Å². The molecule has 13 heteroatoms. The Hall–Kier alpha value is -3.48. The van der Waals surface area contributed by atoms with E-state index in [9.17, 15) is 41.0 Å². The molecule has 1 fully saturated rings. The molecule has 220 valence electrons. The molecule has 0 saturated carbocycles. The number of amides is 3. The van der Waals surface area contributed by atoms with Gasteiger partial charge >= 0.3 is 18.4 Å². The number of hydrogen-bond acceptors (Lipinski definition) is 5. The second-order valence-corrected chi connectivity index (χ2v) is 9.94. The number of carbonyl (C=O) groups is 2. The van der Waals surface area contributed by atoms with Crippen LogP contribution in [0.15, 0.2) is 42.5 Å². The van der Waals surface area contributed by atoms with E-state index in [-0.39, 0.29) is 30.6 Å². The average Bonchev–Trinajstić information content (AvgIpc) is 3.06. The molecule has 1 atom stereocenters. The maximum atomic E-state index is 13.1. The van der Waals surface area contributed by atoms with Crippen LogP contribution < -0.4 is 14.8 Å². The van der Waals surface area contributed by atoms with E-state index in [2.05, 4.69) is 5.32 Å². The maximum Gasteiger partial charge on any atom is 0.430 e. The Balaban J connectivity index is 1.57. The van der Waals surface area contributed by atoms with Crippen LogP contribution in [0, 0.1) is 6.92 Å². The Bertz CT molecular complexity index is 1220. The number of aryl methyl sites for hydroxylation is 1. The number of nitrogens with zero attached hydrogens (tertiary/aromatic N) is 1. The minimum Gasteiger partial charge on any atom is -0.493 e. The number of hydrogen-bond donors (Lipinski definition) is 2. The summed E-state index contributed by atoms with van der Waals surface area (Å²) in [6.07, 6.45) is -11.3. The van der Waals surface area contributed by atoms with Crippen LogP contribution in [-0.4, -0.2) is 53.6 Å². The van der Waals surface area contributed by atoms with Gasteiger partial charge in [0.15, 0.2) is 0 Å². The molecule has 1 saturated heterocycles. The van der Waals surface area contributed by atoms with Gasteiger partial charge in [-0.15, -0.1) is 0 Å². The molecule has 3 amide bonds. The molecule has 2 aromatic rings. The summed E-state index contributed by atoms with van der Waals surface area (Å²) >= 11 is 0. The molecule has 0 aliphatic carbocycles. The van der Waals surface area contributed by atoms with Crippen LogP contribution >= 0.6 is 0 Å². The van der Waals surface area contributed by atoms with Crippen molar-refractivity contribution in [3.05, 3.63) is 59.2 Å². The van der Waals surface area contributed by atoms with Gasteiger partial charge in [0.05, 0.1) is 12.7 Å². The Labute approximate surface area is 227 Å². The van der Waals surface area contributed by atoms with Gasteiger partial charge in [0.2, 0.25) is 0 Å². The van der Waals surface area contributed by atoms with Crippen LogP contribution in [0.3, 0.4) is 0 Å². The van der Waals surface area contributed by atoms with E-state index < -0.39 is 41.0 Å². The van der Waals surface area contributed by atoms with Gasteiger partial charge in [0, 0.05) is 12.1 Å². The van der Waals surface area contributed by atoms with E-state index in [1.54, 1.807) is 31.2 Å². The van der Waals surface area contributed by atoms with Gasteiger partial charge in [0.25, 0.3) is 11.5 Å². The summed E-state index contributed by atoms with van der Waals surface area (Å²) in [4.78, 5) is 26.7. The van der Waals surface area contributed by atoms with Crippen molar-refractivity contribution in [1.82, 2.24) is 10.2 Å². The highest BCUT2D eigenvalue weighted by atomic mass is 19.4. The molecular weight excluding hydrogens is 546 g/mol. The highest BCUT2D eigenvalue weighted by Crippen LogP contribution is 2.50. The highest BCUT2D eigenvalue weighted by Gasteiger charge is 2.71. The fraction of sp³-hybridized carbons (Fsp3) is 0.481. The van der Waals surface area contributed by atoms with Gasteiger partial charge in [-0.05, 0) is 75.9 Å². The standard InChI is InChI=1S/C27H30F6N2O5/c1-16(2)40-20-10-7-18(8-11-20)24(4)22(36)35(23(37)34-24)13-5-6-14-39-21-12-9-19(15-17(21)3)25(38,26(28,29)30)27(31,32)33/h7-12,15-16,38H,5-6,13-14H2,1-4H3,(H,34,37). The largest absolute Gasteiger partial charge is 0.493 e. The minimum atomic E-state index is -5.99. The quantitative estimate of drug-likeness (QED) is 0.215. The monoisotopic (exact) mass is 576 g/mol. The number of urea groups is 1. The number of halogens is 6. The molecular formula is C27H30F6N2O5. The van der Waals surface area contributed by atoms with Crippen LogP contribution in [0.5, 0.6) is 11.5 Å². The third-order valence-corrected chi connectivity index (χ3v) is 6.53. The number of carbonyl (C=O) groups excluding carboxylic acids is 2. The molecule has 0 aromatic heterocycles. The van der Waals surface area contributed by atoms with E-state index in [0.29, 0.717) is 36.3 Å². The number of nitrogens with one attached hydrogen (secondary N) is 1. The molecule has 1 aliphatic heterocycles. The van der Waals surface area contributed by atoms with Crippen LogP contribution in [0.4, 0.5) is 31.1 Å². The highest BCUT2D eigenvalue weighted by molar-refractivity contribution is 6.07. The smallest absolute Gasteiger partial charge is 0.430 e. The molecule has 7 nitrogen and oxygen atoms in total. The lowest BCUT2D eigenvalue weighted by atomic mass is 9.91. The summed E-state index contributed by atoms with van der Waals surface area (Å²) in [5.41, 5.74) is -7.13. The molecule has 1 aliphatic rings. The van der Waals surface area contributed by atoms with Crippen LogP contribution in [0.1, 0.15) is 50.3 Å². The average molecular weight is 577 g/mol. The maximum absolute atomic E-state index is 13.1. The van der Waals surface area contributed by atoms with E-state index >= 15 is 0 Å². The summed E-state index contributed by atoms with van der Waals surface area (Å²) in [6.45, 7) is 6.70. The molecule has 0 spiro atoms. The van der Waals surface area contributed by atoms with E-state index in [4.69, 9.17) is 9.47 Å². The Morgan fingerprint density at radius 1 is 0.975 bits per heavy atom. The van der Waals surface area contributed by atoms with Crippen molar-refractivity contribution in [3.63, 3.8) is 0 Å². The van der Waals surface area contributed by atoms with Crippen molar-refractivity contribution in [2.75, 3.05) is 13.2 Å². The number of aliphatic hydroxyl groups is 1. The normalized spacial score (nSPS) is 18.4. The van der Waals surface area contributed by atoms with Crippen molar-refractivity contribution in [1.29, 1.82) is 0 Å². The summed E-state index contributed by atoms with van der Waals surface area (Å²) in [5.74, 6) is 0.212. The van der Waals surface area contributed by atoms with Crippen molar-refractivity contribution in [2.24, 2.45) is 0 Å². The first-order chi connectivity index (χ1) is 18.4. The molecule has 40 heavy (non-hydrogen) atoms. The first kappa shape index (κ1) is 31.1. The summed E-state index contributed by atoms with van der Waals surface area (Å²) in [5, 5.41) is 12.3. The van der Waals surface area contributed by atoms with Gasteiger partial charge < -0.3 is 19.9 Å². The van der Waals surface area contributed by atoms with Crippen LogP contribution in [-0.2, 0) is 15.9 Å². The third-order valence-electron chi connectivity index (χ3n) is 6.53. The SMILES string of the molecule is Cc1cc(C(O)(C(F)(F)F)C(F)(F)F)ccc1OCCCCN1C(=O)NC(C)(c2ccc(OC(C)C)cc2)C1=O. The lowest BCUT2D eigenvalue weighted by Crippen LogP contribution is -2.53. The summed E-state index contributed by atoms with van der Waals surface area (Å²) in [7, 11) is 0. The zero-order chi connectivity index (χ0) is 30.1. The third kappa shape index (κ3) is 5.98. The Morgan fingerprint density at radius 3 is 2.10 bits per heavy atom. The number of ether oxygens (including phenoxy) is 2. The van der Waals surface area contributed by atoms with Gasteiger partial charge in [-0.25, -0.2) is 4.79 Å². The predicted molar refractivity (Wildman–Crippen MR) is 132 cm³/mol. The number of rotatable bonds is 10. The van der Waals surface area contributed by atoms with Crippen molar-refractivity contribution < 1.29 is 50.5 Å². The molecule has 1 heterocycles. The molecule has 2 aromatic carbocycles. The van der Waals surface area contributed by atoms with Crippen molar-refractivity contribution >= 4 is 11.9 Å². The van der Waals surface area contributed by atoms with Gasteiger partial charge in [0.1, 0.15) is 17.0 Å². The molecule has 0 bridgehead atoms. The summed E-state index contributed by atoms with van der Waals surface area (Å²) in [6, 6.07) is 8.26. The number of unbranched alkanes of at least 4 members (excludes halogenated alkanes) is 1. The first-order valence-corrected chi connectivity index (χ1v) is 12.4.